The van der Waals surface area contributed by atoms with E-state index >= 15 is 0 Å². The number of esters is 1. The monoisotopic (exact) mass is 237 g/mol. The first-order valence-corrected chi connectivity index (χ1v) is 5.74. The number of carbonyl (C=O) groups is 1. The molecule has 17 heavy (non-hydrogen) atoms. The van der Waals surface area contributed by atoms with Gasteiger partial charge < -0.3 is 9.47 Å². The zero-order chi connectivity index (χ0) is 13.3. The summed E-state index contributed by atoms with van der Waals surface area (Å²) in [6.07, 6.45) is 0.571. The molecule has 0 atom stereocenters. The molecule has 1 aliphatic rings. The van der Waals surface area contributed by atoms with E-state index in [-0.39, 0.29) is 17.8 Å². The zero-order valence-corrected chi connectivity index (χ0v) is 11.1. The predicted octanol–water partition coefficient (Wildman–Crippen LogP) is 2.35. The Hall–Kier alpha value is -1.34. The maximum absolute atomic E-state index is 11.7. The molecule has 1 fully saturated rings. The van der Waals surface area contributed by atoms with Crippen molar-refractivity contribution in [3.05, 3.63) is 11.1 Å². The lowest BCUT2D eigenvalue weighted by atomic mass is 9.90. The van der Waals surface area contributed by atoms with Crippen LogP contribution in [0, 0.1) is 11.3 Å². The molecule has 0 bridgehead atoms. The van der Waals surface area contributed by atoms with Crippen LogP contribution in [0.3, 0.4) is 0 Å². The van der Waals surface area contributed by atoms with E-state index < -0.39 is 11.6 Å². The van der Waals surface area contributed by atoms with Gasteiger partial charge in [-0.25, -0.2) is 4.79 Å². The molecule has 4 heteroatoms. The Morgan fingerprint density at radius 2 is 2.06 bits per heavy atom. The smallest absolute Gasteiger partial charge is 0.348 e. The second kappa shape index (κ2) is 4.50. The van der Waals surface area contributed by atoms with Crippen molar-refractivity contribution in [3.63, 3.8) is 0 Å². The first-order chi connectivity index (χ1) is 7.73. The summed E-state index contributed by atoms with van der Waals surface area (Å²) in [6, 6.07) is 1.95. The Labute approximate surface area is 102 Å². The summed E-state index contributed by atoms with van der Waals surface area (Å²) in [4.78, 5) is 11.7. The lowest BCUT2D eigenvalue weighted by molar-refractivity contribution is -0.138. The molecule has 0 saturated carbocycles. The lowest BCUT2D eigenvalue weighted by Crippen LogP contribution is -2.27. The van der Waals surface area contributed by atoms with Crippen LogP contribution < -0.4 is 0 Å². The van der Waals surface area contributed by atoms with E-state index in [0.29, 0.717) is 6.42 Å². The quantitative estimate of drug-likeness (QED) is 0.420. The van der Waals surface area contributed by atoms with Gasteiger partial charge in [0.05, 0.1) is 17.8 Å². The van der Waals surface area contributed by atoms with Crippen molar-refractivity contribution >= 4 is 5.97 Å². The average molecular weight is 237 g/mol. The minimum atomic E-state index is -0.596. The van der Waals surface area contributed by atoms with Crippen LogP contribution in [-0.2, 0) is 14.3 Å². The summed E-state index contributed by atoms with van der Waals surface area (Å²) in [7, 11) is 0. The van der Waals surface area contributed by atoms with E-state index in [1.807, 2.05) is 33.8 Å². The van der Waals surface area contributed by atoms with Gasteiger partial charge in [-0.2, -0.15) is 5.26 Å². The lowest BCUT2D eigenvalue weighted by Gasteiger charge is -2.24. The fourth-order valence-electron chi connectivity index (χ4n) is 2.26. The van der Waals surface area contributed by atoms with Crippen molar-refractivity contribution < 1.29 is 14.3 Å². The van der Waals surface area contributed by atoms with Gasteiger partial charge in [0.25, 0.3) is 0 Å². The van der Waals surface area contributed by atoms with Crippen molar-refractivity contribution in [1.29, 1.82) is 5.26 Å². The second-order valence-electron chi connectivity index (χ2n) is 5.23. The van der Waals surface area contributed by atoms with Gasteiger partial charge in [0.1, 0.15) is 11.6 Å². The normalized spacial score (nSPS) is 24.0. The third-order valence-electron chi connectivity index (χ3n) is 2.75. The van der Waals surface area contributed by atoms with Gasteiger partial charge >= 0.3 is 5.97 Å². The van der Waals surface area contributed by atoms with Gasteiger partial charge in [0, 0.05) is 6.42 Å². The molecule has 0 N–H and O–H groups in total. The highest BCUT2D eigenvalue weighted by Gasteiger charge is 2.44. The van der Waals surface area contributed by atoms with Crippen LogP contribution >= 0.6 is 0 Å². The molecular weight excluding hydrogens is 218 g/mol. The molecule has 0 spiro atoms. The number of ether oxygens (including phenoxy) is 2. The molecule has 94 valence electrons. The standard InChI is InChI=1S/C13H19NO3/c1-6-16-11(15)9(8-14)10-7-12(2,3)17-13(10,4)5/h6-7H2,1-5H3. The van der Waals surface area contributed by atoms with E-state index in [9.17, 15) is 4.79 Å². The maximum atomic E-state index is 11.7. The number of hydrogen-bond acceptors (Lipinski definition) is 4. The van der Waals surface area contributed by atoms with E-state index in [1.54, 1.807) is 6.92 Å². The highest BCUT2D eigenvalue weighted by Crippen LogP contribution is 2.43. The number of rotatable bonds is 2. The van der Waals surface area contributed by atoms with Gasteiger partial charge in [-0.1, -0.05) is 0 Å². The molecule has 1 heterocycles. The molecule has 1 aliphatic heterocycles. The molecule has 4 nitrogen and oxygen atoms in total. The molecule has 0 radical (unpaired) electrons. The summed E-state index contributed by atoms with van der Waals surface area (Å²) in [6.45, 7) is 9.62. The van der Waals surface area contributed by atoms with Crippen LogP contribution in [0.2, 0.25) is 0 Å². The largest absolute Gasteiger partial charge is 0.462 e. The topological polar surface area (TPSA) is 59.3 Å². The van der Waals surface area contributed by atoms with Crippen LogP contribution in [0.5, 0.6) is 0 Å². The molecule has 0 aromatic rings. The average Bonchev–Trinajstić information content (AvgIpc) is 2.36. The maximum Gasteiger partial charge on any atom is 0.348 e. The second-order valence-corrected chi connectivity index (χ2v) is 5.23. The fourth-order valence-corrected chi connectivity index (χ4v) is 2.26. The molecular formula is C13H19NO3. The van der Waals surface area contributed by atoms with E-state index in [1.165, 1.54) is 0 Å². The first kappa shape index (κ1) is 13.7. The SMILES string of the molecule is CCOC(=O)C(C#N)=C1CC(C)(C)OC1(C)C. The summed E-state index contributed by atoms with van der Waals surface area (Å²) in [5.74, 6) is -0.556. The van der Waals surface area contributed by atoms with Gasteiger partial charge in [0.15, 0.2) is 0 Å². The van der Waals surface area contributed by atoms with Gasteiger partial charge in [0.2, 0.25) is 0 Å². The summed E-state index contributed by atoms with van der Waals surface area (Å²) in [5, 5.41) is 9.12. The molecule has 0 aliphatic carbocycles. The van der Waals surface area contributed by atoms with E-state index in [0.717, 1.165) is 5.57 Å². The van der Waals surface area contributed by atoms with Crippen LogP contribution in [0.4, 0.5) is 0 Å². The fraction of sp³-hybridized carbons (Fsp3) is 0.692. The Bertz CT molecular complexity index is 399. The Kier molecular flexibility index (Phi) is 3.63. The minimum Gasteiger partial charge on any atom is -0.462 e. The first-order valence-electron chi connectivity index (χ1n) is 5.74. The Morgan fingerprint density at radius 1 is 1.47 bits per heavy atom. The number of carbonyl (C=O) groups excluding carboxylic acids is 1. The molecule has 1 saturated heterocycles. The van der Waals surface area contributed by atoms with Crippen LogP contribution in [0.15, 0.2) is 11.1 Å². The van der Waals surface area contributed by atoms with Crippen molar-refractivity contribution in [2.24, 2.45) is 0 Å². The number of nitriles is 1. The van der Waals surface area contributed by atoms with Crippen molar-refractivity contribution in [2.75, 3.05) is 6.61 Å². The third kappa shape index (κ3) is 2.86. The predicted molar refractivity (Wildman–Crippen MR) is 63.1 cm³/mol. The zero-order valence-electron chi connectivity index (χ0n) is 11.1. The summed E-state index contributed by atoms with van der Waals surface area (Å²) >= 11 is 0. The molecule has 1 rings (SSSR count). The molecule has 0 unspecified atom stereocenters. The highest BCUT2D eigenvalue weighted by molar-refractivity contribution is 5.94. The molecule has 0 aromatic carbocycles. The Balaban J connectivity index is 3.19. The van der Waals surface area contributed by atoms with E-state index in [2.05, 4.69) is 0 Å². The Morgan fingerprint density at radius 3 is 2.41 bits per heavy atom. The van der Waals surface area contributed by atoms with Gasteiger partial charge in [-0.15, -0.1) is 0 Å². The third-order valence-corrected chi connectivity index (χ3v) is 2.75. The van der Waals surface area contributed by atoms with Crippen molar-refractivity contribution in [2.45, 2.75) is 52.2 Å². The van der Waals surface area contributed by atoms with E-state index in [4.69, 9.17) is 14.7 Å². The highest BCUT2D eigenvalue weighted by atomic mass is 16.5. The van der Waals surface area contributed by atoms with Crippen molar-refractivity contribution in [1.82, 2.24) is 0 Å². The molecule has 0 amide bonds. The minimum absolute atomic E-state index is 0.0856. The van der Waals surface area contributed by atoms with Gasteiger partial charge in [-0.3, -0.25) is 0 Å². The molecule has 0 aromatic heterocycles. The van der Waals surface area contributed by atoms with Gasteiger partial charge in [-0.05, 0) is 40.2 Å². The summed E-state index contributed by atoms with van der Waals surface area (Å²) < 4.78 is 10.7. The van der Waals surface area contributed by atoms with Crippen LogP contribution in [0.25, 0.3) is 0 Å². The summed E-state index contributed by atoms with van der Waals surface area (Å²) in [5.41, 5.74) is -0.139. The number of nitrogens with zero attached hydrogens (tertiary/aromatic N) is 1. The number of hydrogen-bond donors (Lipinski definition) is 0. The van der Waals surface area contributed by atoms with Crippen LogP contribution in [-0.4, -0.2) is 23.8 Å². The van der Waals surface area contributed by atoms with Crippen molar-refractivity contribution in [3.8, 4) is 6.07 Å². The van der Waals surface area contributed by atoms with Crippen LogP contribution in [0.1, 0.15) is 41.0 Å².